The molecule has 1 aliphatic rings. The Kier molecular flexibility index (Phi) is 3.58. The summed E-state index contributed by atoms with van der Waals surface area (Å²) >= 11 is 0. The van der Waals surface area contributed by atoms with E-state index in [-0.39, 0.29) is 11.5 Å². The quantitative estimate of drug-likeness (QED) is 0.751. The molecule has 0 fully saturated rings. The van der Waals surface area contributed by atoms with E-state index in [0.717, 1.165) is 5.39 Å². The Balaban J connectivity index is 0.000000693. The number of hydrogen-bond donors (Lipinski definition) is 1. The average Bonchev–Trinajstić information content (AvgIpc) is 3.13. The average molecular weight is 298 g/mol. The van der Waals surface area contributed by atoms with Crippen molar-refractivity contribution < 1.29 is 9.18 Å². The van der Waals surface area contributed by atoms with E-state index in [9.17, 15) is 9.18 Å². The first-order valence-corrected chi connectivity index (χ1v) is 7.12. The van der Waals surface area contributed by atoms with Crippen molar-refractivity contribution >= 4 is 16.9 Å². The Morgan fingerprint density at radius 1 is 1.32 bits per heavy atom. The molecule has 0 aliphatic carbocycles. The predicted octanol–water partition coefficient (Wildman–Crippen LogP) is 2.83. The molecule has 0 bridgehead atoms. The molecule has 2 aromatic heterocycles. The maximum Gasteiger partial charge on any atom is 0.254 e. The number of carbonyl (C=O) groups is 1. The molecule has 1 amide bonds. The van der Waals surface area contributed by atoms with E-state index in [2.05, 4.69) is 15.3 Å². The molecular formula is C16H15FN4O. The molecule has 3 aromatic rings. The van der Waals surface area contributed by atoms with Crippen LogP contribution >= 0.6 is 0 Å². The number of aromatic nitrogens is 3. The van der Waals surface area contributed by atoms with E-state index in [1.54, 1.807) is 16.8 Å². The molecule has 0 saturated heterocycles. The first kappa shape index (κ1) is 14.2. The molecule has 1 aromatic carbocycles. The van der Waals surface area contributed by atoms with Gasteiger partial charge in [0.05, 0.1) is 11.3 Å². The maximum absolute atomic E-state index is 14.1. The zero-order valence-corrected chi connectivity index (χ0v) is 12.3. The Bertz CT molecular complexity index is 856. The van der Waals surface area contributed by atoms with Crippen LogP contribution in [0.15, 0.2) is 36.9 Å². The molecule has 5 nitrogen and oxygen atoms in total. The van der Waals surface area contributed by atoms with E-state index in [1.807, 2.05) is 26.1 Å². The largest absolute Gasteiger partial charge is 0.348 e. The minimum atomic E-state index is -0.511. The lowest BCUT2D eigenvalue weighted by atomic mass is 10.1. The third-order valence-electron chi connectivity index (χ3n) is 3.45. The van der Waals surface area contributed by atoms with Gasteiger partial charge in [0.15, 0.2) is 0 Å². The Labute approximate surface area is 126 Å². The van der Waals surface area contributed by atoms with Crippen molar-refractivity contribution in [2.45, 2.75) is 20.4 Å². The summed E-state index contributed by atoms with van der Waals surface area (Å²) in [7, 11) is 0. The van der Waals surface area contributed by atoms with E-state index >= 15 is 0 Å². The van der Waals surface area contributed by atoms with Gasteiger partial charge in [-0.1, -0.05) is 13.8 Å². The van der Waals surface area contributed by atoms with Crippen molar-refractivity contribution in [3.8, 4) is 5.69 Å². The normalized spacial score (nSPS) is 12.6. The Hall–Kier alpha value is -2.76. The van der Waals surface area contributed by atoms with E-state index < -0.39 is 5.82 Å². The summed E-state index contributed by atoms with van der Waals surface area (Å²) in [4.78, 5) is 19.7. The van der Waals surface area contributed by atoms with Gasteiger partial charge in [0.2, 0.25) is 0 Å². The second-order valence-corrected chi connectivity index (χ2v) is 4.63. The maximum atomic E-state index is 14.1. The first-order chi connectivity index (χ1) is 10.7. The summed E-state index contributed by atoms with van der Waals surface area (Å²) in [6, 6.07) is 5.02. The number of nitrogens with one attached hydrogen (secondary N) is 1. The lowest BCUT2D eigenvalue weighted by molar-refractivity contribution is 0.0962. The van der Waals surface area contributed by atoms with Crippen LogP contribution in [0.5, 0.6) is 0 Å². The SMILES string of the molecule is CC.O=C1NCc2cc(-n3ccc4cncnc43)cc(F)c21. The molecule has 4 rings (SSSR count). The second kappa shape index (κ2) is 5.55. The number of nitrogens with zero attached hydrogens (tertiary/aromatic N) is 3. The number of halogens is 1. The van der Waals surface area contributed by atoms with Gasteiger partial charge in [-0.05, 0) is 23.8 Å². The third-order valence-corrected chi connectivity index (χ3v) is 3.45. The second-order valence-electron chi connectivity index (χ2n) is 4.63. The lowest BCUT2D eigenvalue weighted by Crippen LogP contribution is -2.13. The lowest BCUT2D eigenvalue weighted by Gasteiger charge is -2.07. The fourth-order valence-corrected chi connectivity index (χ4v) is 2.53. The van der Waals surface area contributed by atoms with Gasteiger partial charge in [0, 0.05) is 24.3 Å². The van der Waals surface area contributed by atoms with Crippen molar-refractivity contribution in [3.63, 3.8) is 0 Å². The summed E-state index contributed by atoms with van der Waals surface area (Å²) in [6.07, 6.45) is 4.96. The van der Waals surface area contributed by atoms with Crippen molar-refractivity contribution in [2.24, 2.45) is 0 Å². The molecule has 1 N–H and O–H groups in total. The summed E-state index contributed by atoms with van der Waals surface area (Å²) in [6.45, 7) is 4.35. The molecule has 1 aliphatic heterocycles. The van der Waals surface area contributed by atoms with Gasteiger partial charge < -0.3 is 9.88 Å². The number of fused-ring (bicyclic) bond motifs is 2. The summed E-state index contributed by atoms with van der Waals surface area (Å²) in [5.41, 5.74) is 2.16. The molecule has 0 atom stereocenters. The van der Waals surface area contributed by atoms with Crippen molar-refractivity contribution in [2.75, 3.05) is 0 Å². The van der Waals surface area contributed by atoms with E-state index in [4.69, 9.17) is 0 Å². The molecule has 0 spiro atoms. The predicted molar refractivity (Wildman–Crippen MR) is 81.3 cm³/mol. The van der Waals surface area contributed by atoms with Crippen LogP contribution in [0.3, 0.4) is 0 Å². The highest BCUT2D eigenvalue weighted by atomic mass is 19.1. The molecule has 22 heavy (non-hydrogen) atoms. The smallest absolute Gasteiger partial charge is 0.254 e. The number of rotatable bonds is 1. The zero-order valence-electron chi connectivity index (χ0n) is 12.3. The summed E-state index contributed by atoms with van der Waals surface area (Å²) < 4.78 is 15.9. The molecule has 0 saturated carbocycles. The van der Waals surface area contributed by atoms with Crippen LogP contribution < -0.4 is 5.32 Å². The van der Waals surface area contributed by atoms with Gasteiger partial charge >= 0.3 is 0 Å². The number of carbonyl (C=O) groups excluding carboxylic acids is 1. The topological polar surface area (TPSA) is 59.8 Å². The number of benzene rings is 1. The Morgan fingerprint density at radius 3 is 2.95 bits per heavy atom. The van der Waals surface area contributed by atoms with Gasteiger partial charge in [-0.3, -0.25) is 4.79 Å². The van der Waals surface area contributed by atoms with Crippen LogP contribution in [0.2, 0.25) is 0 Å². The van der Waals surface area contributed by atoms with E-state index in [1.165, 1.54) is 12.4 Å². The van der Waals surface area contributed by atoms with Crippen LogP contribution in [0.1, 0.15) is 29.8 Å². The number of hydrogen-bond acceptors (Lipinski definition) is 3. The van der Waals surface area contributed by atoms with Crippen LogP contribution in [-0.4, -0.2) is 20.4 Å². The van der Waals surface area contributed by atoms with Crippen molar-refractivity contribution in [1.29, 1.82) is 0 Å². The highest BCUT2D eigenvalue weighted by Gasteiger charge is 2.24. The van der Waals surface area contributed by atoms with E-state index in [0.29, 0.717) is 23.4 Å². The molecule has 0 radical (unpaired) electrons. The number of amides is 1. The highest BCUT2D eigenvalue weighted by molar-refractivity contribution is 5.98. The molecule has 6 heteroatoms. The molecule has 112 valence electrons. The van der Waals surface area contributed by atoms with Gasteiger partial charge in [-0.25, -0.2) is 14.4 Å². The third kappa shape index (κ3) is 2.13. The van der Waals surface area contributed by atoms with Crippen LogP contribution in [0.4, 0.5) is 4.39 Å². The minimum absolute atomic E-state index is 0.139. The monoisotopic (exact) mass is 298 g/mol. The van der Waals surface area contributed by atoms with Crippen molar-refractivity contribution in [1.82, 2.24) is 19.9 Å². The molecular weight excluding hydrogens is 283 g/mol. The van der Waals surface area contributed by atoms with Crippen LogP contribution in [-0.2, 0) is 6.54 Å². The summed E-state index contributed by atoms with van der Waals surface area (Å²) in [5, 5.41) is 3.50. The summed E-state index contributed by atoms with van der Waals surface area (Å²) in [5.74, 6) is -0.868. The van der Waals surface area contributed by atoms with Gasteiger partial charge in [-0.2, -0.15) is 0 Å². The van der Waals surface area contributed by atoms with Crippen molar-refractivity contribution in [3.05, 3.63) is 53.9 Å². The van der Waals surface area contributed by atoms with Crippen LogP contribution in [0, 0.1) is 5.82 Å². The molecule has 3 heterocycles. The first-order valence-electron chi connectivity index (χ1n) is 7.12. The molecule has 0 unspecified atom stereocenters. The van der Waals surface area contributed by atoms with Crippen LogP contribution in [0.25, 0.3) is 16.7 Å². The van der Waals surface area contributed by atoms with Gasteiger partial charge in [-0.15, -0.1) is 0 Å². The standard InChI is InChI=1S/C14H9FN4O.C2H6/c15-11-4-10(3-9-6-17-14(20)12(9)11)19-2-1-8-5-16-7-18-13(8)19;1-2/h1-5,7H,6H2,(H,17,20);1-2H3. The highest BCUT2D eigenvalue weighted by Crippen LogP contribution is 2.25. The fourth-order valence-electron chi connectivity index (χ4n) is 2.53. The minimum Gasteiger partial charge on any atom is -0.348 e. The fraction of sp³-hybridized carbons (Fsp3) is 0.188. The van der Waals surface area contributed by atoms with Gasteiger partial charge in [0.1, 0.15) is 17.8 Å². The van der Waals surface area contributed by atoms with Gasteiger partial charge in [0.25, 0.3) is 5.91 Å². The zero-order chi connectivity index (χ0) is 15.7. The Morgan fingerprint density at radius 2 is 2.14 bits per heavy atom.